The van der Waals surface area contributed by atoms with Gasteiger partial charge in [-0.25, -0.2) is 0 Å². The monoisotopic (exact) mass is 344 g/mol. The molecule has 2 N–H and O–H groups in total. The highest BCUT2D eigenvalue weighted by molar-refractivity contribution is 6.31. The molecule has 0 spiro atoms. The molecule has 126 valence electrons. The molecular formula is C19H21ClN2O2. The molecular weight excluding hydrogens is 324 g/mol. The van der Waals surface area contributed by atoms with Crippen LogP contribution in [-0.2, 0) is 9.59 Å². The topological polar surface area (TPSA) is 58.2 Å². The summed E-state index contributed by atoms with van der Waals surface area (Å²) >= 11 is 5.97. The Balaban J connectivity index is 2.16. The van der Waals surface area contributed by atoms with Gasteiger partial charge in [-0.1, -0.05) is 35.9 Å². The van der Waals surface area contributed by atoms with Crippen LogP contribution in [0.1, 0.15) is 25.0 Å². The normalized spacial score (nSPS) is 11.0. The van der Waals surface area contributed by atoms with Gasteiger partial charge < -0.3 is 10.6 Å². The van der Waals surface area contributed by atoms with E-state index in [2.05, 4.69) is 10.6 Å². The first-order chi connectivity index (χ1) is 11.2. The zero-order valence-corrected chi connectivity index (χ0v) is 15.0. The standard InChI is InChI=1S/C19H21ClN2O2/c1-12-7-5-6-8-15(12)21-17(23)19(3,4)18(24)22-16-11-14(20)10-9-13(16)2/h5-11H,1-4H3,(H,21,23)(H,22,24). The molecule has 24 heavy (non-hydrogen) atoms. The van der Waals surface area contributed by atoms with E-state index in [0.717, 1.165) is 11.1 Å². The van der Waals surface area contributed by atoms with Crippen molar-refractivity contribution in [2.75, 3.05) is 10.6 Å². The number of halogens is 1. The van der Waals surface area contributed by atoms with E-state index < -0.39 is 5.41 Å². The average molecular weight is 345 g/mol. The van der Waals surface area contributed by atoms with Crippen LogP contribution in [0.25, 0.3) is 0 Å². The molecule has 2 rings (SSSR count). The number of hydrogen-bond acceptors (Lipinski definition) is 2. The molecule has 4 nitrogen and oxygen atoms in total. The van der Waals surface area contributed by atoms with Gasteiger partial charge in [-0.2, -0.15) is 0 Å². The zero-order valence-electron chi connectivity index (χ0n) is 14.2. The van der Waals surface area contributed by atoms with Crippen LogP contribution in [0, 0.1) is 19.3 Å². The van der Waals surface area contributed by atoms with Crippen molar-refractivity contribution in [2.45, 2.75) is 27.7 Å². The molecule has 2 aromatic rings. The summed E-state index contributed by atoms with van der Waals surface area (Å²) in [7, 11) is 0. The minimum Gasteiger partial charge on any atom is -0.325 e. The molecule has 0 aliphatic rings. The Labute approximate surface area is 147 Å². The van der Waals surface area contributed by atoms with Crippen molar-refractivity contribution in [3.63, 3.8) is 0 Å². The Bertz CT molecular complexity index is 785. The van der Waals surface area contributed by atoms with E-state index in [1.54, 1.807) is 26.0 Å². The van der Waals surface area contributed by atoms with Crippen molar-refractivity contribution in [3.05, 3.63) is 58.6 Å². The fourth-order valence-corrected chi connectivity index (χ4v) is 2.27. The van der Waals surface area contributed by atoms with E-state index in [0.29, 0.717) is 16.4 Å². The van der Waals surface area contributed by atoms with Crippen LogP contribution < -0.4 is 10.6 Å². The second-order valence-corrected chi connectivity index (χ2v) is 6.74. The van der Waals surface area contributed by atoms with Crippen molar-refractivity contribution in [2.24, 2.45) is 5.41 Å². The molecule has 0 atom stereocenters. The molecule has 0 radical (unpaired) electrons. The van der Waals surface area contributed by atoms with Gasteiger partial charge in [-0.3, -0.25) is 9.59 Å². The summed E-state index contributed by atoms with van der Waals surface area (Å²) in [4.78, 5) is 25.2. The number of carbonyl (C=O) groups is 2. The maximum atomic E-state index is 12.6. The molecule has 5 heteroatoms. The summed E-state index contributed by atoms with van der Waals surface area (Å²) in [5.74, 6) is -0.757. The van der Waals surface area contributed by atoms with Gasteiger partial charge in [-0.15, -0.1) is 0 Å². The summed E-state index contributed by atoms with van der Waals surface area (Å²) < 4.78 is 0. The van der Waals surface area contributed by atoms with Crippen LogP contribution in [0.2, 0.25) is 5.02 Å². The van der Waals surface area contributed by atoms with Crippen molar-refractivity contribution in [3.8, 4) is 0 Å². The van der Waals surface area contributed by atoms with E-state index in [1.807, 2.05) is 44.2 Å². The average Bonchev–Trinajstić information content (AvgIpc) is 2.53. The maximum absolute atomic E-state index is 12.6. The quantitative estimate of drug-likeness (QED) is 0.799. The van der Waals surface area contributed by atoms with E-state index in [9.17, 15) is 9.59 Å². The van der Waals surface area contributed by atoms with Crippen LogP contribution in [-0.4, -0.2) is 11.8 Å². The third-order valence-corrected chi connectivity index (χ3v) is 4.21. The highest BCUT2D eigenvalue weighted by atomic mass is 35.5. The van der Waals surface area contributed by atoms with Crippen LogP contribution in [0.3, 0.4) is 0 Å². The van der Waals surface area contributed by atoms with Gasteiger partial charge in [0.1, 0.15) is 5.41 Å². The number of carbonyl (C=O) groups excluding carboxylic acids is 2. The molecule has 0 aromatic heterocycles. The van der Waals surface area contributed by atoms with Gasteiger partial charge in [0.2, 0.25) is 11.8 Å². The number of para-hydroxylation sites is 1. The molecule has 0 saturated heterocycles. The Kier molecular flexibility index (Phi) is 5.30. The zero-order chi connectivity index (χ0) is 17.9. The van der Waals surface area contributed by atoms with Gasteiger partial charge in [-0.05, 0) is 57.0 Å². The van der Waals surface area contributed by atoms with Crippen LogP contribution >= 0.6 is 11.6 Å². The molecule has 0 heterocycles. The van der Waals surface area contributed by atoms with E-state index in [4.69, 9.17) is 11.6 Å². The van der Waals surface area contributed by atoms with Gasteiger partial charge in [0, 0.05) is 16.4 Å². The van der Waals surface area contributed by atoms with E-state index in [-0.39, 0.29) is 11.8 Å². The van der Waals surface area contributed by atoms with Crippen LogP contribution in [0.15, 0.2) is 42.5 Å². The first kappa shape index (κ1) is 18.0. The maximum Gasteiger partial charge on any atom is 0.239 e. The molecule has 2 amide bonds. The van der Waals surface area contributed by atoms with E-state index >= 15 is 0 Å². The van der Waals surface area contributed by atoms with Gasteiger partial charge in [0.05, 0.1) is 0 Å². The summed E-state index contributed by atoms with van der Waals surface area (Å²) in [6, 6.07) is 12.7. The predicted octanol–water partition coefficient (Wildman–Crippen LogP) is 4.56. The highest BCUT2D eigenvalue weighted by Crippen LogP contribution is 2.25. The Morgan fingerprint density at radius 1 is 0.875 bits per heavy atom. The lowest BCUT2D eigenvalue weighted by molar-refractivity contribution is -0.135. The molecule has 0 unspecified atom stereocenters. The minimum atomic E-state index is -1.24. The predicted molar refractivity (Wildman–Crippen MR) is 98.4 cm³/mol. The molecule has 0 saturated carbocycles. The Hall–Kier alpha value is -2.33. The third-order valence-electron chi connectivity index (χ3n) is 3.98. The molecule has 2 aromatic carbocycles. The summed E-state index contributed by atoms with van der Waals surface area (Å²) in [5, 5.41) is 6.13. The first-order valence-corrected chi connectivity index (χ1v) is 8.04. The summed E-state index contributed by atoms with van der Waals surface area (Å²) in [5.41, 5.74) is 1.87. The fraction of sp³-hybridized carbons (Fsp3) is 0.263. The molecule has 0 bridgehead atoms. The van der Waals surface area contributed by atoms with Crippen molar-refractivity contribution in [1.29, 1.82) is 0 Å². The highest BCUT2D eigenvalue weighted by Gasteiger charge is 2.36. The Morgan fingerprint density at radius 3 is 2.04 bits per heavy atom. The van der Waals surface area contributed by atoms with Crippen molar-refractivity contribution in [1.82, 2.24) is 0 Å². The van der Waals surface area contributed by atoms with Crippen LogP contribution in [0.5, 0.6) is 0 Å². The second-order valence-electron chi connectivity index (χ2n) is 6.31. The van der Waals surface area contributed by atoms with Crippen molar-refractivity contribution < 1.29 is 9.59 Å². The number of aryl methyl sites for hydroxylation is 2. The van der Waals surface area contributed by atoms with Gasteiger partial charge in [0.25, 0.3) is 0 Å². The SMILES string of the molecule is Cc1ccccc1NC(=O)C(C)(C)C(=O)Nc1cc(Cl)ccc1C. The summed E-state index contributed by atoms with van der Waals surface area (Å²) in [6.45, 7) is 6.95. The number of benzene rings is 2. The van der Waals surface area contributed by atoms with E-state index in [1.165, 1.54) is 0 Å². The molecule has 0 aliphatic heterocycles. The van der Waals surface area contributed by atoms with Gasteiger partial charge >= 0.3 is 0 Å². The third kappa shape index (κ3) is 3.95. The number of nitrogens with one attached hydrogen (secondary N) is 2. The number of rotatable bonds is 4. The first-order valence-electron chi connectivity index (χ1n) is 7.66. The molecule has 0 aliphatic carbocycles. The lowest BCUT2D eigenvalue weighted by atomic mass is 9.90. The smallest absolute Gasteiger partial charge is 0.239 e. The fourth-order valence-electron chi connectivity index (χ4n) is 2.10. The number of hydrogen-bond donors (Lipinski definition) is 2. The number of amides is 2. The molecule has 0 fully saturated rings. The Morgan fingerprint density at radius 2 is 1.42 bits per heavy atom. The minimum absolute atomic E-state index is 0.367. The second kappa shape index (κ2) is 7.05. The van der Waals surface area contributed by atoms with Crippen molar-refractivity contribution >= 4 is 34.8 Å². The lowest BCUT2D eigenvalue weighted by Crippen LogP contribution is -2.41. The number of anilines is 2. The van der Waals surface area contributed by atoms with Crippen LogP contribution in [0.4, 0.5) is 11.4 Å². The lowest BCUT2D eigenvalue weighted by Gasteiger charge is -2.23. The van der Waals surface area contributed by atoms with Gasteiger partial charge in [0.15, 0.2) is 0 Å². The largest absolute Gasteiger partial charge is 0.325 e. The summed E-state index contributed by atoms with van der Waals surface area (Å²) in [6.07, 6.45) is 0.